The van der Waals surface area contributed by atoms with Crippen LogP contribution in [0, 0.1) is 12.8 Å². The largest absolute Gasteiger partial charge is 0.494 e. The summed E-state index contributed by atoms with van der Waals surface area (Å²) in [5.74, 6) is 0.123. The van der Waals surface area contributed by atoms with E-state index < -0.39 is 11.8 Å². The van der Waals surface area contributed by atoms with Crippen molar-refractivity contribution < 1.29 is 19.1 Å². The lowest BCUT2D eigenvalue weighted by atomic mass is 10.1. The van der Waals surface area contributed by atoms with Gasteiger partial charge in [0.15, 0.2) is 5.11 Å². The molecule has 0 atom stereocenters. The van der Waals surface area contributed by atoms with Crippen LogP contribution in [0.25, 0.3) is 0 Å². The van der Waals surface area contributed by atoms with Gasteiger partial charge >= 0.3 is 0 Å². The van der Waals surface area contributed by atoms with E-state index >= 15 is 0 Å². The van der Waals surface area contributed by atoms with E-state index in [1.807, 2.05) is 19.1 Å². The first-order chi connectivity index (χ1) is 17.7. The van der Waals surface area contributed by atoms with Crippen LogP contribution in [0.15, 0.2) is 72.8 Å². The lowest BCUT2D eigenvalue weighted by molar-refractivity contribution is 0.0934. The van der Waals surface area contributed by atoms with Crippen molar-refractivity contribution in [2.24, 2.45) is 5.92 Å². The number of thiocarbonyl (C=S) groups is 1. The van der Waals surface area contributed by atoms with Gasteiger partial charge in [-0.15, -0.1) is 0 Å². The Labute approximate surface area is 221 Å². The van der Waals surface area contributed by atoms with E-state index in [2.05, 4.69) is 35.3 Å². The van der Waals surface area contributed by atoms with Crippen molar-refractivity contribution in [3.05, 3.63) is 95.1 Å². The third-order valence-electron chi connectivity index (χ3n) is 5.39. The minimum absolute atomic E-state index is 0.0577. The lowest BCUT2D eigenvalue weighted by Crippen LogP contribution is -2.48. The second-order valence-electron chi connectivity index (χ2n) is 8.76. The van der Waals surface area contributed by atoms with Crippen LogP contribution in [0.2, 0.25) is 0 Å². The Morgan fingerprint density at radius 3 is 2.08 bits per heavy atom. The van der Waals surface area contributed by atoms with Crippen molar-refractivity contribution in [2.45, 2.75) is 27.2 Å². The molecular formula is C28H30N4O4S. The van der Waals surface area contributed by atoms with E-state index in [0.717, 1.165) is 12.0 Å². The Hall–Kier alpha value is -4.24. The molecule has 0 saturated heterocycles. The van der Waals surface area contributed by atoms with Crippen LogP contribution < -0.4 is 26.2 Å². The molecule has 0 aliphatic heterocycles. The van der Waals surface area contributed by atoms with Gasteiger partial charge in [0.05, 0.1) is 6.61 Å². The van der Waals surface area contributed by atoms with Gasteiger partial charge in [-0.1, -0.05) is 32.0 Å². The maximum Gasteiger partial charge on any atom is 0.269 e. The van der Waals surface area contributed by atoms with Gasteiger partial charge in [0.1, 0.15) is 5.75 Å². The van der Waals surface area contributed by atoms with Crippen LogP contribution >= 0.6 is 12.2 Å². The summed E-state index contributed by atoms with van der Waals surface area (Å²) in [7, 11) is 0. The topological polar surface area (TPSA) is 109 Å². The number of hydrogen-bond donors (Lipinski definition) is 4. The molecule has 3 amide bonds. The van der Waals surface area contributed by atoms with Crippen molar-refractivity contribution in [3.63, 3.8) is 0 Å². The number of aryl methyl sites for hydroxylation is 1. The zero-order valence-corrected chi connectivity index (χ0v) is 21.8. The minimum Gasteiger partial charge on any atom is -0.494 e. The average molecular weight is 519 g/mol. The zero-order chi connectivity index (χ0) is 26.8. The number of nitrogens with one attached hydrogen (secondary N) is 4. The molecule has 0 radical (unpaired) electrons. The molecule has 0 spiro atoms. The van der Waals surface area contributed by atoms with Gasteiger partial charge in [0.25, 0.3) is 17.7 Å². The predicted octanol–water partition coefficient (Wildman–Crippen LogP) is 4.62. The van der Waals surface area contributed by atoms with Gasteiger partial charge in [-0.25, -0.2) is 0 Å². The summed E-state index contributed by atoms with van der Waals surface area (Å²) in [6.07, 6.45) is 0.947. The molecular weight excluding hydrogens is 488 g/mol. The van der Waals surface area contributed by atoms with Gasteiger partial charge in [-0.3, -0.25) is 30.6 Å². The first-order valence-corrected chi connectivity index (χ1v) is 12.3. The van der Waals surface area contributed by atoms with Crippen LogP contribution in [0.3, 0.4) is 0 Å². The van der Waals surface area contributed by atoms with Crippen molar-refractivity contribution in [1.29, 1.82) is 0 Å². The smallest absolute Gasteiger partial charge is 0.269 e. The highest BCUT2D eigenvalue weighted by molar-refractivity contribution is 7.80. The fourth-order valence-electron chi connectivity index (χ4n) is 3.24. The van der Waals surface area contributed by atoms with E-state index in [1.165, 1.54) is 0 Å². The van der Waals surface area contributed by atoms with Crippen molar-refractivity contribution in [1.82, 2.24) is 16.2 Å². The highest BCUT2D eigenvalue weighted by Crippen LogP contribution is 2.15. The second-order valence-corrected chi connectivity index (χ2v) is 9.17. The number of anilines is 1. The SMILES string of the molecule is Cc1ccccc1C(=O)Nc1ccc(C(=O)NNC(=S)NC(=O)c2ccc(OCCC(C)C)cc2)cc1. The molecule has 0 unspecified atom stereocenters. The highest BCUT2D eigenvalue weighted by atomic mass is 32.1. The fraction of sp³-hybridized carbons (Fsp3) is 0.214. The summed E-state index contributed by atoms with van der Waals surface area (Å²) < 4.78 is 5.65. The van der Waals surface area contributed by atoms with Gasteiger partial charge < -0.3 is 10.1 Å². The summed E-state index contributed by atoms with van der Waals surface area (Å²) in [4.78, 5) is 37.3. The van der Waals surface area contributed by atoms with Crippen molar-refractivity contribution in [2.75, 3.05) is 11.9 Å². The molecule has 192 valence electrons. The van der Waals surface area contributed by atoms with E-state index in [0.29, 0.717) is 40.7 Å². The molecule has 3 rings (SSSR count). The molecule has 0 aliphatic carbocycles. The number of hydrogen-bond acceptors (Lipinski definition) is 5. The molecule has 0 fully saturated rings. The van der Waals surface area contributed by atoms with Crippen molar-refractivity contribution in [3.8, 4) is 5.75 Å². The Morgan fingerprint density at radius 1 is 0.811 bits per heavy atom. The lowest BCUT2D eigenvalue weighted by Gasteiger charge is -2.12. The van der Waals surface area contributed by atoms with E-state index in [9.17, 15) is 14.4 Å². The van der Waals surface area contributed by atoms with E-state index in [4.69, 9.17) is 17.0 Å². The molecule has 3 aromatic rings. The molecule has 0 aromatic heterocycles. The van der Waals surface area contributed by atoms with Gasteiger partial charge in [-0.2, -0.15) is 0 Å². The number of ether oxygens (including phenoxy) is 1. The summed E-state index contributed by atoms with van der Waals surface area (Å²) in [5, 5.41) is 5.26. The highest BCUT2D eigenvalue weighted by Gasteiger charge is 2.12. The van der Waals surface area contributed by atoms with Crippen LogP contribution in [0.4, 0.5) is 5.69 Å². The van der Waals surface area contributed by atoms with Gasteiger partial charge in [0, 0.05) is 22.4 Å². The first-order valence-electron chi connectivity index (χ1n) is 11.8. The van der Waals surface area contributed by atoms with E-state index in [-0.39, 0.29) is 11.0 Å². The number of carbonyl (C=O) groups is 3. The van der Waals surface area contributed by atoms with Crippen LogP contribution in [-0.4, -0.2) is 29.4 Å². The van der Waals surface area contributed by atoms with Crippen LogP contribution in [-0.2, 0) is 0 Å². The van der Waals surface area contributed by atoms with Crippen LogP contribution in [0.1, 0.15) is 56.9 Å². The summed E-state index contributed by atoms with van der Waals surface area (Å²) in [5.41, 5.74) is 7.68. The summed E-state index contributed by atoms with van der Waals surface area (Å²) >= 11 is 5.10. The molecule has 0 bridgehead atoms. The number of amides is 3. The predicted molar refractivity (Wildman–Crippen MR) is 148 cm³/mol. The summed E-state index contributed by atoms with van der Waals surface area (Å²) in [6, 6.07) is 20.4. The summed E-state index contributed by atoms with van der Waals surface area (Å²) in [6.45, 7) is 6.73. The average Bonchev–Trinajstić information content (AvgIpc) is 2.88. The molecule has 0 aliphatic rings. The Bertz CT molecular complexity index is 1260. The molecule has 0 heterocycles. The zero-order valence-electron chi connectivity index (χ0n) is 21.0. The molecule has 3 aromatic carbocycles. The van der Waals surface area contributed by atoms with E-state index in [1.54, 1.807) is 60.7 Å². The second kappa shape index (κ2) is 13.2. The number of benzene rings is 3. The quantitative estimate of drug-likeness (QED) is 0.256. The molecule has 8 nitrogen and oxygen atoms in total. The van der Waals surface area contributed by atoms with Gasteiger partial charge in [-0.05, 0) is 91.6 Å². The molecule has 37 heavy (non-hydrogen) atoms. The molecule has 0 saturated carbocycles. The first kappa shape index (κ1) is 27.3. The third kappa shape index (κ3) is 8.43. The Kier molecular flexibility index (Phi) is 9.74. The van der Waals surface area contributed by atoms with Crippen LogP contribution in [0.5, 0.6) is 5.75 Å². The fourth-order valence-corrected chi connectivity index (χ4v) is 3.38. The monoisotopic (exact) mass is 518 g/mol. The van der Waals surface area contributed by atoms with Gasteiger partial charge in [0.2, 0.25) is 0 Å². The Morgan fingerprint density at radius 2 is 1.43 bits per heavy atom. The maximum atomic E-state index is 12.4. The number of carbonyl (C=O) groups excluding carboxylic acids is 3. The number of rotatable bonds is 8. The standard InChI is InChI=1S/C28H30N4O4S/c1-18(2)16-17-36-23-14-10-20(11-15-23)25(33)30-28(37)32-31-26(34)21-8-12-22(13-9-21)29-27(35)24-7-5-4-6-19(24)3/h4-15,18H,16-17H2,1-3H3,(H,29,35)(H,31,34)(H2,30,32,33,37). The normalized spacial score (nSPS) is 10.4. The molecule has 9 heteroatoms. The third-order valence-corrected chi connectivity index (χ3v) is 5.60. The minimum atomic E-state index is -0.462. The maximum absolute atomic E-state index is 12.4. The number of hydrazine groups is 1. The molecule has 4 N–H and O–H groups in total. The Balaban J connectivity index is 1.45. The van der Waals surface area contributed by atoms with Crippen molar-refractivity contribution >= 4 is 40.7 Å².